The maximum absolute atomic E-state index is 12.7. The first kappa shape index (κ1) is 24.0. The van der Waals surface area contributed by atoms with Crippen LogP contribution in [0.1, 0.15) is 36.0 Å². The van der Waals surface area contributed by atoms with E-state index in [1.807, 2.05) is 0 Å². The zero-order valence-electron chi connectivity index (χ0n) is 18.2. The Morgan fingerprint density at radius 2 is 1.94 bits per heavy atom. The number of rotatable bonds is 9. The molecule has 11 heteroatoms. The molecule has 0 spiro atoms. The lowest BCUT2D eigenvalue weighted by Crippen LogP contribution is -2.47. The fraction of sp³-hybridized carbons (Fsp3) is 0.318. The number of carbonyl (C=O) groups is 3. The van der Waals surface area contributed by atoms with Gasteiger partial charge in [0.1, 0.15) is 18.4 Å². The molecule has 1 unspecified atom stereocenters. The molecule has 2 heterocycles. The zero-order chi connectivity index (χ0) is 24.0. The van der Waals surface area contributed by atoms with Crippen LogP contribution < -0.4 is 20.1 Å². The van der Waals surface area contributed by atoms with Crippen LogP contribution >= 0.6 is 11.6 Å². The highest BCUT2D eigenvalue weighted by atomic mass is 35.5. The lowest BCUT2D eigenvalue weighted by Gasteiger charge is -2.27. The lowest BCUT2D eigenvalue weighted by atomic mass is 10.0. The molecule has 1 atom stereocenters. The van der Waals surface area contributed by atoms with E-state index in [1.165, 1.54) is 25.5 Å². The Kier molecular flexibility index (Phi) is 7.83. The fourth-order valence-electron chi connectivity index (χ4n) is 3.19. The van der Waals surface area contributed by atoms with Crippen molar-refractivity contribution in [2.75, 3.05) is 26.9 Å². The van der Waals surface area contributed by atoms with Gasteiger partial charge in [-0.3, -0.25) is 0 Å². The van der Waals surface area contributed by atoms with E-state index in [0.29, 0.717) is 18.1 Å². The van der Waals surface area contributed by atoms with Crippen molar-refractivity contribution in [3.63, 3.8) is 0 Å². The van der Waals surface area contributed by atoms with Crippen LogP contribution in [-0.4, -0.2) is 44.9 Å². The van der Waals surface area contributed by atoms with Crippen molar-refractivity contribution in [3.05, 3.63) is 58.1 Å². The van der Waals surface area contributed by atoms with Crippen molar-refractivity contribution in [1.82, 2.24) is 10.6 Å². The normalized spacial score (nSPS) is 15.4. The molecule has 1 aromatic carbocycles. The molecule has 10 nitrogen and oxygen atoms in total. The monoisotopic (exact) mass is 478 g/mol. The summed E-state index contributed by atoms with van der Waals surface area (Å²) < 4.78 is 26.5. The Balaban J connectivity index is 1.88. The third-order valence-corrected chi connectivity index (χ3v) is 4.86. The van der Waals surface area contributed by atoms with Gasteiger partial charge in [0, 0.05) is 0 Å². The highest BCUT2D eigenvalue weighted by Crippen LogP contribution is 2.36. The number of carbonyl (C=O) groups excluding carboxylic acids is 3. The van der Waals surface area contributed by atoms with Gasteiger partial charge in [0.05, 0.1) is 48.4 Å². The van der Waals surface area contributed by atoms with Gasteiger partial charge >= 0.3 is 18.0 Å². The Hall–Kier alpha value is -3.66. The van der Waals surface area contributed by atoms with Crippen LogP contribution in [0.25, 0.3) is 0 Å². The minimum absolute atomic E-state index is 0.0570. The number of urea groups is 1. The second-order valence-electron chi connectivity index (χ2n) is 6.66. The van der Waals surface area contributed by atoms with Gasteiger partial charge < -0.3 is 34.0 Å². The molecular weight excluding hydrogens is 456 g/mol. The molecule has 1 aliphatic rings. The molecule has 2 N–H and O–H groups in total. The van der Waals surface area contributed by atoms with E-state index < -0.39 is 30.6 Å². The van der Waals surface area contributed by atoms with Crippen molar-refractivity contribution < 1.29 is 37.7 Å². The van der Waals surface area contributed by atoms with Crippen LogP contribution in [0.3, 0.4) is 0 Å². The minimum Gasteiger partial charge on any atom is -0.493 e. The van der Waals surface area contributed by atoms with Gasteiger partial charge in [0.15, 0.2) is 11.5 Å². The molecule has 0 fully saturated rings. The number of methoxy groups -OCH3 is 1. The predicted molar refractivity (Wildman–Crippen MR) is 116 cm³/mol. The molecule has 176 valence electrons. The Morgan fingerprint density at radius 1 is 1.15 bits per heavy atom. The second-order valence-corrected chi connectivity index (χ2v) is 7.07. The number of hydrogen-bond donors (Lipinski definition) is 2. The molecule has 3 rings (SSSR count). The molecule has 0 saturated heterocycles. The molecule has 0 saturated carbocycles. The van der Waals surface area contributed by atoms with Crippen LogP contribution in [-0.2, 0) is 14.3 Å². The standard InChI is InChI=1S/C22H23ClN2O8/c1-4-30-19-13(23)9-12(10-16(19)29-3)20(26)33-11-14-17(21(27)31-5-2)18(25-22(28)24-14)15-7-6-8-32-15/h6-10,18H,4-5,11H2,1-3H3,(H2,24,25,28). The highest BCUT2D eigenvalue weighted by Gasteiger charge is 2.35. The molecule has 1 aliphatic heterocycles. The van der Waals surface area contributed by atoms with Crippen molar-refractivity contribution >= 4 is 29.6 Å². The zero-order valence-corrected chi connectivity index (χ0v) is 19.0. The number of esters is 2. The Morgan fingerprint density at radius 3 is 2.58 bits per heavy atom. The summed E-state index contributed by atoms with van der Waals surface area (Å²) in [7, 11) is 1.42. The van der Waals surface area contributed by atoms with Crippen LogP contribution in [0, 0.1) is 0 Å². The van der Waals surface area contributed by atoms with Crippen LogP contribution in [0.4, 0.5) is 4.79 Å². The van der Waals surface area contributed by atoms with Crippen molar-refractivity contribution in [1.29, 1.82) is 0 Å². The maximum Gasteiger partial charge on any atom is 0.338 e. The summed E-state index contributed by atoms with van der Waals surface area (Å²) in [6.07, 6.45) is 1.41. The van der Waals surface area contributed by atoms with E-state index in [4.69, 9.17) is 35.0 Å². The summed E-state index contributed by atoms with van der Waals surface area (Å²) in [6, 6.07) is 4.52. The van der Waals surface area contributed by atoms with Gasteiger partial charge in [-0.1, -0.05) is 11.6 Å². The van der Waals surface area contributed by atoms with Gasteiger partial charge in [-0.2, -0.15) is 0 Å². The molecular formula is C22H23ClN2O8. The number of benzene rings is 1. The van der Waals surface area contributed by atoms with Crippen molar-refractivity contribution in [2.24, 2.45) is 0 Å². The van der Waals surface area contributed by atoms with E-state index in [-0.39, 0.29) is 34.2 Å². The summed E-state index contributed by atoms with van der Waals surface area (Å²) in [5.74, 6) is -0.563. The predicted octanol–water partition coefficient (Wildman–Crippen LogP) is 3.37. The van der Waals surface area contributed by atoms with Gasteiger partial charge in [0.25, 0.3) is 0 Å². The average molecular weight is 479 g/mol. The molecule has 0 bridgehead atoms. The number of nitrogens with one attached hydrogen (secondary N) is 2. The lowest BCUT2D eigenvalue weighted by molar-refractivity contribution is -0.139. The average Bonchev–Trinajstić information content (AvgIpc) is 3.33. The third kappa shape index (κ3) is 5.40. The topological polar surface area (TPSA) is 125 Å². The van der Waals surface area contributed by atoms with Gasteiger partial charge in [-0.15, -0.1) is 0 Å². The number of amides is 2. The number of ether oxygens (including phenoxy) is 4. The first-order valence-electron chi connectivity index (χ1n) is 10.1. The third-order valence-electron chi connectivity index (χ3n) is 4.58. The van der Waals surface area contributed by atoms with Gasteiger partial charge in [0.2, 0.25) is 0 Å². The number of halogens is 1. The Labute approximate surface area is 194 Å². The summed E-state index contributed by atoms with van der Waals surface area (Å²) >= 11 is 6.22. The molecule has 0 aliphatic carbocycles. The summed E-state index contributed by atoms with van der Waals surface area (Å²) in [5.41, 5.74) is 0.221. The fourth-order valence-corrected chi connectivity index (χ4v) is 3.46. The summed E-state index contributed by atoms with van der Waals surface area (Å²) in [6.45, 7) is 3.49. The molecule has 2 aromatic rings. The van der Waals surface area contributed by atoms with Crippen molar-refractivity contribution in [3.8, 4) is 11.5 Å². The molecule has 33 heavy (non-hydrogen) atoms. The van der Waals surface area contributed by atoms with Gasteiger partial charge in [-0.25, -0.2) is 14.4 Å². The van der Waals surface area contributed by atoms with E-state index in [9.17, 15) is 14.4 Å². The van der Waals surface area contributed by atoms with E-state index in [0.717, 1.165) is 0 Å². The van der Waals surface area contributed by atoms with Crippen LogP contribution in [0.2, 0.25) is 5.02 Å². The highest BCUT2D eigenvalue weighted by molar-refractivity contribution is 6.32. The SMILES string of the molecule is CCOC(=O)C1=C(COC(=O)c2cc(Cl)c(OCC)c(OC)c2)NC(=O)NC1c1ccco1. The van der Waals surface area contributed by atoms with E-state index >= 15 is 0 Å². The first-order chi connectivity index (χ1) is 15.9. The van der Waals surface area contributed by atoms with E-state index in [1.54, 1.807) is 26.0 Å². The van der Waals surface area contributed by atoms with Crippen LogP contribution in [0.15, 0.2) is 46.2 Å². The first-order valence-corrected chi connectivity index (χ1v) is 10.5. The second kappa shape index (κ2) is 10.8. The van der Waals surface area contributed by atoms with Crippen molar-refractivity contribution in [2.45, 2.75) is 19.9 Å². The molecule has 1 aromatic heterocycles. The van der Waals surface area contributed by atoms with Crippen LogP contribution in [0.5, 0.6) is 11.5 Å². The minimum atomic E-state index is -0.915. The number of hydrogen-bond acceptors (Lipinski definition) is 8. The summed E-state index contributed by atoms with van der Waals surface area (Å²) in [5, 5.41) is 5.28. The number of furan rings is 1. The maximum atomic E-state index is 12.7. The van der Waals surface area contributed by atoms with Gasteiger partial charge in [-0.05, 0) is 38.1 Å². The molecule has 2 amide bonds. The Bertz CT molecular complexity index is 1060. The van der Waals surface area contributed by atoms with E-state index in [2.05, 4.69) is 10.6 Å². The smallest absolute Gasteiger partial charge is 0.338 e. The quantitative estimate of drug-likeness (QED) is 0.525. The summed E-state index contributed by atoms with van der Waals surface area (Å²) in [4.78, 5) is 37.6. The largest absolute Gasteiger partial charge is 0.493 e. The molecule has 0 radical (unpaired) electrons.